The lowest BCUT2D eigenvalue weighted by atomic mass is 9.94. The number of piperidine rings is 1. The summed E-state index contributed by atoms with van der Waals surface area (Å²) >= 11 is 6.02. The number of pyridine rings is 1. The third-order valence-electron chi connectivity index (χ3n) is 6.84. The molecule has 160 valence electrons. The van der Waals surface area contributed by atoms with Crippen LogP contribution in [0.2, 0.25) is 5.15 Å². The third kappa shape index (κ3) is 4.32. The van der Waals surface area contributed by atoms with Crippen LogP contribution in [0.1, 0.15) is 64.2 Å². The van der Waals surface area contributed by atoms with Crippen LogP contribution < -0.4 is 0 Å². The van der Waals surface area contributed by atoms with Crippen LogP contribution in [0.4, 0.5) is 0 Å². The zero-order valence-corrected chi connectivity index (χ0v) is 18.4. The van der Waals surface area contributed by atoms with E-state index in [2.05, 4.69) is 9.88 Å². The van der Waals surface area contributed by atoms with Crippen LogP contribution in [0.5, 0.6) is 0 Å². The molecule has 6 nitrogen and oxygen atoms in total. The van der Waals surface area contributed by atoms with Crippen molar-refractivity contribution in [1.82, 2.24) is 14.2 Å². The van der Waals surface area contributed by atoms with E-state index in [1.54, 1.807) is 6.07 Å². The summed E-state index contributed by atoms with van der Waals surface area (Å²) in [4.78, 5) is 19.6. The van der Waals surface area contributed by atoms with Crippen LogP contribution in [0.15, 0.2) is 23.2 Å². The molecule has 2 aliphatic carbocycles. The molecular weight excluding hydrogens is 410 g/mol. The average molecular weight is 440 g/mol. The zero-order chi connectivity index (χ0) is 20.4. The number of halogens is 1. The number of hydrogen-bond acceptors (Lipinski definition) is 4. The number of hydrogen-bond donors (Lipinski definition) is 0. The van der Waals surface area contributed by atoms with E-state index >= 15 is 0 Å². The van der Waals surface area contributed by atoms with Gasteiger partial charge in [0.2, 0.25) is 15.9 Å². The lowest BCUT2D eigenvalue weighted by Crippen LogP contribution is -2.50. The molecule has 0 radical (unpaired) electrons. The fraction of sp³-hybridized carbons (Fsp3) is 0.714. The van der Waals surface area contributed by atoms with Crippen LogP contribution in [-0.2, 0) is 14.8 Å². The molecule has 1 aliphatic heterocycles. The number of carbonyl (C=O) groups excluding carboxylic acids is 1. The monoisotopic (exact) mass is 439 g/mol. The zero-order valence-electron chi connectivity index (χ0n) is 16.8. The van der Waals surface area contributed by atoms with Crippen LogP contribution in [-0.4, -0.2) is 53.7 Å². The van der Waals surface area contributed by atoms with E-state index in [0.29, 0.717) is 38.0 Å². The molecule has 2 heterocycles. The fourth-order valence-electron chi connectivity index (χ4n) is 5.28. The van der Waals surface area contributed by atoms with Crippen LogP contribution >= 0.6 is 11.6 Å². The van der Waals surface area contributed by atoms with E-state index in [-0.39, 0.29) is 21.9 Å². The molecule has 1 aromatic rings. The van der Waals surface area contributed by atoms with Crippen molar-refractivity contribution in [3.05, 3.63) is 23.5 Å². The van der Waals surface area contributed by atoms with Gasteiger partial charge in [0.1, 0.15) is 10.0 Å². The highest BCUT2D eigenvalue weighted by atomic mass is 35.5. The first-order chi connectivity index (χ1) is 14.0. The Kier molecular flexibility index (Phi) is 6.47. The van der Waals surface area contributed by atoms with Gasteiger partial charge >= 0.3 is 0 Å². The topological polar surface area (TPSA) is 70.6 Å². The molecule has 1 amide bonds. The van der Waals surface area contributed by atoms with E-state index in [9.17, 15) is 13.2 Å². The number of nitrogens with zero attached hydrogens (tertiary/aromatic N) is 3. The first-order valence-corrected chi connectivity index (χ1v) is 12.7. The number of amides is 1. The van der Waals surface area contributed by atoms with Crippen molar-refractivity contribution in [2.75, 3.05) is 13.1 Å². The van der Waals surface area contributed by atoms with Gasteiger partial charge in [-0.15, -0.1) is 0 Å². The Morgan fingerprint density at radius 1 is 1.00 bits per heavy atom. The average Bonchev–Trinajstić information content (AvgIpc) is 3.43. The summed E-state index contributed by atoms with van der Waals surface area (Å²) in [6.07, 6.45) is 12.0. The lowest BCUT2D eigenvalue weighted by Gasteiger charge is -2.39. The maximum atomic E-state index is 13.5. The van der Waals surface area contributed by atoms with Gasteiger partial charge in [0, 0.05) is 37.3 Å². The second-order valence-corrected chi connectivity index (χ2v) is 10.9. The first kappa shape index (κ1) is 21.1. The summed E-state index contributed by atoms with van der Waals surface area (Å²) in [6, 6.07) is 3.85. The van der Waals surface area contributed by atoms with Crippen molar-refractivity contribution in [3.8, 4) is 0 Å². The minimum absolute atomic E-state index is 0.000609. The molecule has 1 aromatic heterocycles. The normalized spacial score (nSPS) is 22.9. The smallest absolute Gasteiger partial charge is 0.246 e. The molecule has 0 unspecified atom stereocenters. The summed E-state index contributed by atoms with van der Waals surface area (Å²) in [7, 11) is -3.68. The van der Waals surface area contributed by atoms with E-state index in [1.807, 2.05) is 0 Å². The van der Waals surface area contributed by atoms with Crippen molar-refractivity contribution >= 4 is 27.5 Å². The first-order valence-electron chi connectivity index (χ1n) is 10.9. The number of carbonyl (C=O) groups is 1. The van der Waals surface area contributed by atoms with Crippen molar-refractivity contribution < 1.29 is 13.2 Å². The SMILES string of the molecule is O=C(C1CCN(S(=O)(=O)c2cccnc2Cl)CC1)N(C1CCCC1)C1CCCC1. The third-order valence-corrected chi connectivity index (χ3v) is 9.18. The number of sulfonamides is 1. The van der Waals surface area contributed by atoms with E-state index < -0.39 is 10.0 Å². The van der Waals surface area contributed by atoms with E-state index in [4.69, 9.17) is 11.6 Å². The van der Waals surface area contributed by atoms with Gasteiger partial charge in [-0.3, -0.25) is 4.79 Å². The molecule has 0 atom stereocenters. The fourth-order valence-corrected chi connectivity index (χ4v) is 7.18. The summed E-state index contributed by atoms with van der Waals surface area (Å²) in [6.45, 7) is 0.709. The second-order valence-electron chi connectivity index (χ2n) is 8.59. The molecule has 0 spiro atoms. The van der Waals surface area contributed by atoms with Crippen LogP contribution in [0.3, 0.4) is 0 Å². The molecule has 3 aliphatic rings. The highest BCUT2D eigenvalue weighted by Crippen LogP contribution is 2.35. The van der Waals surface area contributed by atoms with Crippen LogP contribution in [0, 0.1) is 5.92 Å². The quantitative estimate of drug-likeness (QED) is 0.653. The summed E-state index contributed by atoms with van der Waals surface area (Å²) < 4.78 is 27.3. The summed E-state index contributed by atoms with van der Waals surface area (Å²) in [5.74, 6) is 0.187. The molecule has 29 heavy (non-hydrogen) atoms. The molecule has 0 bridgehead atoms. The Morgan fingerprint density at radius 2 is 1.55 bits per heavy atom. The standard InChI is InChI=1S/C21H30ClN3O3S/c22-20-19(10-5-13-23-20)29(27,28)24-14-11-16(12-15-24)21(26)25(17-6-1-2-7-17)18-8-3-4-9-18/h5,10,13,16-18H,1-4,6-9,11-12,14-15H2. The van der Waals surface area contributed by atoms with Crippen molar-refractivity contribution in [1.29, 1.82) is 0 Å². The number of rotatable bonds is 5. The minimum atomic E-state index is -3.68. The predicted molar refractivity (Wildman–Crippen MR) is 112 cm³/mol. The Hall–Kier alpha value is -1.18. The molecule has 3 fully saturated rings. The highest BCUT2D eigenvalue weighted by Gasteiger charge is 2.39. The van der Waals surface area contributed by atoms with Gasteiger partial charge in [-0.1, -0.05) is 37.3 Å². The van der Waals surface area contributed by atoms with Crippen molar-refractivity contribution in [2.24, 2.45) is 5.92 Å². The Balaban J connectivity index is 1.44. The molecule has 4 rings (SSSR count). The molecular formula is C21H30ClN3O3S. The molecule has 2 saturated carbocycles. The minimum Gasteiger partial charge on any atom is -0.336 e. The number of aromatic nitrogens is 1. The maximum absolute atomic E-state index is 13.5. The molecule has 0 aromatic carbocycles. The van der Waals surface area contributed by atoms with E-state index in [0.717, 1.165) is 25.7 Å². The lowest BCUT2D eigenvalue weighted by molar-refractivity contribution is -0.141. The van der Waals surface area contributed by atoms with Crippen molar-refractivity contribution in [3.63, 3.8) is 0 Å². The van der Waals surface area contributed by atoms with Crippen molar-refractivity contribution in [2.45, 2.75) is 81.2 Å². The van der Waals surface area contributed by atoms with Gasteiger partial charge in [-0.2, -0.15) is 4.31 Å². The Labute approximate surface area is 178 Å². The summed E-state index contributed by atoms with van der Waals surface area (Å²) in [5, 5.41) is -0.000609. The van der Waals surface area contributed by atoms with Gasteiger partial charge < -0.3 is 4.90 Å². The maximum Gasteiger partial charge on any atom is 0.246 e. The van der Waals surface area contributed by atoms with Crippen LogP contribution in [0.25, 0.3) is 0 Å². The van der Waals surface area contributed by atoms with Gasteiger partial charge in [0.15, 0.2) is 0 Å². The Morgan fingerprint density at radius 3 is 2.07 bits per heavy atom. The van der Waals surface area contributed by atoms with E-state index in [1.165, 1.54) is 42.3 Å². The highest BCUT2D eigenvalue weighted by molar-refractivity contribution is 7.89. The second kappa shape index (κ2) is 8.90. The molecule has 0 N–H and O–H groups in total. The predicted octanol–water partition coefficient (Wildman–Crippen LogP) is 3.85. The summed E-state index contributed by atoms with van der Waals surface area (Å²) in [5.41, 5.74) is 0. The van der Waals surface area contributed by atoms with Gasteiger partial charge in [0.25, 0.3) is 0 Å². The molecule has 1 saturated heterocycles. The largest absolute Gasteiger partial charge is 0.336 e. The molecule has 8 heteroatoms. The van der Waals surface area contributed by atoms with Gasteiger partial charge in [-0.05, 0) is 50.7 Å². The van der Waals surface area contributed by atoms with Gasteiger partial charge in [-0.25, -0.2) is 13.4 Å². The Bertz CT molecular complexity index is 811. The van der Waals surface area contributed by atoms with Gasteiger partial charge in [0.05, 0.1) is 0 Å².